The summed E-state index contributed by atoms with van der Waals surface area (Å²) in [6.07, 6.45) is -3.78. The number of halogens is 3. The lowest BCUT2D eigenvalue weighted by molar-refractivity contribution is -0.137. The van der Waals surface area contributed by atoms with E-state index in [1.807, 2.05) is 13.8 Å². The third kappa shape index (κ3) is 6.49. The van der Waals surface area contributed by atoms with Gasteiger partial charge in [0.2, 0.25) is 5.91 Å². The lowest BCUT2D eigenvalue weighted by Crippen LogP contribution is -2.46. The van der Waals surface area contributed by atoms with Gasteiger partial charge < -0.3 is 10.4 Å². The van der Waals surface area contributed by atoms with Crippen molar-refractivity contribution < 1.29 is 23.1 Å². The van der Waals surface area contributed by atoms with Crippen LogP contribution in [0.25, 0.3) is 0 Å². The molecular weight excluding hydrogens is 321 g/mol. The molecule has 24 heavy (non-hydrogen) atoms. The Morgan fingerprint density at radius 2 is 1.88 bits per heavy atom. The quantitative estimate of drug-likeness (QED) is 0.794. The van der Waals surface area contributed by atoms with E-state index in [2.05, 4.69) is 5.32 Å². The standard InChI is InChI=1S/C17H25F3N2O2/c1-5-12(2)22(11-16(3,4)24)10-15(23)21-14-9-7-6-8-13(14)17(18,19)20/h6-9,12,24H,5,10-11H2,1-4H3,(H,21,23). The Hall–Kier alpha value is -1.60. The maximum absolute atomic E-state index is 13.0. The minimum atomic E-state index is -4.53. The van der Waals surface area contributed by atoms with Gasteiger partial charge in [-0.25, -0.2) is 0 Å². The molecular formula is C17H25F3N2O2. The SMILES string of the molecule is CCC(C)N(CC(=O)Nc1ccccc1C(F)(F)F)CC(C)(C)O. The first-order chi connectivity index (χ1) is 10.9. The number of rotatable bonds is 7. The summed E-state index contributed by atoms with van der Waals surface area (Å²) in [5, 5.41) is 12.3. The molecule has 0 heterocycles. The van der Waals surface area contributed by atoms with Crippen LogP contribution >= 0.6 is 0 Å². The number of carbonyl (C=O) groups is 1. The van der Waals surface area contributed by atoms with Crippen molar-refractivity contribution in [2.24, 2.45) is 0 Å². The molecule has 1 rings (SSSR count). The molecule has 1 unspecified atom stereocenters. The van der Waals surface area contributed by atoms with E-state index in [0.717, 1.165) is 12.5 Å². The van der Waals surface area contributed by atoms with Gasteiger partial charge in [-0.05, 0) is 39.3 Å². The highest BCUT2D eigenvalue weighted by molar-refractivity contribution is 5.93. The lowest BCUT2D eigenvalue weighted by Gasteiger charge is -2.33. The summed E-state index contributed by atoms with van der Waals surface area (Å²) in [4.78, 5) is 14.0. The van der Waals surface area contributed by atoms with Crippen LogP contribution in [0.4, 0.5) is 18.9 Å². The number of benzene rings is 1. The van der Waals surface area contributed by atoms with Gasteiger partial charge in [-0.2, -0.15) is 13.2 Å². The molecule has 0 aromatic heterocycles. The van der Waals surface area contributed by atoms with Crippen LogP contribution in [0, 0.1) is 0 Å². The summed E-state index contributed by atoms with van der Waals surface area (Å²) >= 11 is 0. The van der Waals surface area contributed by atoms with Crippen molar-refractivity contribution in [1.29, 1.82) is 0 Å². The number of para-hydroxylation sites is 1. The van der Waals surface area contributed by atoms with Gasteiger partial charge in [0.05, 0.1) is 23.4 Å². The number of amides is 1. The van der Waals surface area contributed by atoms with E-state index in [4.69, 9.17) is 0 Å². The highest BCUT2D eigenvalue weighted by atomic mass is 19.4. The van der Waals surface area contributed by atoms with Crippen LogP contribution in [0.3, 0.4) is 0 Å². The molecule has 0 fully saturated rings. The number of carbonyl (C=O) groups excluding carboxylic acids is 1. The van der Waals surface area contributed by atoms with Crippen molar-refractivity contribution in [3.8, 4) is 0 Å². The minimum Gasteiger partial charge on any atom is -0.389 e. The molecule has 1 atom stereocenters. The van der Waals surface area contributed by atoms with Gasteiger partial charge in [0.25, 0.3) is 0 Å². The zero-order chi connectivity index (χ0) is 18.5. The number of hydrogen-bond acceptors (Lipinski definition) is 3. The Morgan fingerprint density at radius 3 is 2.38 bits per heavy atom. The van der Waals surface area contributed by atoms with Gasteiger partial charge >= 0.3 is 6.18 Å². The molecule has 0 aliphatic rings. The third-order valence-electron chi connectivity index (χ3n) is 3.66. The molecule has 0 aliphatic carbocycles. The fraction of sp³-hybridized carbons (Fsp3) is 0.588. The van der Waals surface area contributed by atoms with Crippen LogP contribution in [0.5, 0.6) is 0 Å². The van der Waals surface area contributed by atoms with E-state index >= 15 is 0 Å². The zero-order valence-electron chi connectivity index (χ0n) is 14.4. The normalized spacial score (nSPS) is 13.9. The Kier molecular flexibility index (Phi) is 6.80. The zero-order valence-corrected chi connectivity index (χ0v) is 14.4. The molecule has 1 amide bonds. The van der Waals surface area contributed by atoms with Gasteiger partial charge in [-0.15, -0.1) is 0 Å². The van der Waals surface area contributed by atoms with Crippen LogP contribution < -0.4 is 5.32 Å². The van der Waals surface area contributed by atoms with Crippen LogP contribution in [0.1, 0.15) is 39.7 Å². The van der Waals surface area contributed by atoms with Gasteiger partial charge in [0, 0.05) is 12.6 Å². The fourth-order valence-electron chi connectivity index (χ4n) is 2.34. The summed E-state index contributed by atoms with van der Waals surface area (Å²) in [5.41, 5.74) is -2.15. The highest BCUT2D eigenvalue weighted by Crippen LogP contribution is 2.34. The van der Waals surface area contributed by atoms with E-state index in [1.54, 1.807) is 18.7 Å². The molecule has 0 spiro atoms. The average Bonchev–Trinajstić information content (AvgIpc) is 2.43. The molecule has 136 valence electrons. The summed E-state index contributed by atoms with van der Waals surface area (Å²) in [6.45, 7) is 7.25. The first-order valence-electron chi connectivity index (χ1n) is 7.86. The number of nitrogens with one attached hydrogen (secondary N) is 1. The highest BCUT2D eigenvalue weighted by Gasteiger charge is 2.33. The molecule has 2 N–H and O–H groups in total. The van der Waals surface area contributed by atoms with Crippen molar-refractivity contribution >= 4 is 11.6 Å². The van der Waals surface area contributed by atoms with Crippen molar-refractivity contribution in [3.05, 3.63) is 29.8 Å². The van der Waals surface area contributed by atoms with Gasteiger partial charge in [0.1, 0.15) is 0 Å². The van der Waals surface area contributed by atoms with E-state index in [1.165, 1.54) is 18.2 Å². The second-order valence-electron chi connectivity index (χ2n) is 6.57. The summed E-state index contributed by atoms with van der Waals surface area (Å²) < 4.78 is 38.9. The Balaban J connectivity index is 2.87. The summed E-state index contributed by atoms with van der Waals surface area (Å²) in [7, 11) is 0. The maximum Gasteiger partial charge on any atom is 0.418 e. The van der Waals surface area contributed by atoms with E-state index < -0.39 is 23.2 Å². The first-order valence-corrected chi connectivity index (χ1v) is 7.86. The molecule has 7 heteroatoms. The molecule has 4 nitrogen and oxygen atoms in total. The molecule has 1 aromatic carbocycles. The van der Waals surface area contributed by atoms with Crippen molar-refractivity contribution in [2.45, 2.75) is 51.9 Å². The Labute approximate surface area is 140 Å². The third-order valence-corrected chi connectivity index (χ3v) is 3.66. The second kappa shape index (κ2) is 7.98. The molecule has 0 bridgehead atoms. The van der Waals surface area contributed by atoms with Gasteiger partial charge in [-0.3, -0.25) is 9.69 Å². The summed E-state index contributed by atoms with van der Waals surface area (Å²) in [6, 6.07) is 4.88. The number of alkyl halides is 3. The maximum atomic E-state index is 13.0. The fourth-order valence-corrected chi connectivity index (χ4v) is 2.34. The molecule has 0 aliphatic heterocycles. The molecule has 0 saturated heterocycles. The van der Waals surface area contributed by atoms with Crippen LogP contribution in [0.2, 0.25) is 0 Å². The lowest BCUT2D eigenvalue weighted by atomic mass is 10.1. The smallest absolute Gasteiger partial charge is 0.389 e. The topological polar surface area (TPSA) is 52.6 Å². The Bertz CT molecular complexity index is 554. The Morgan fingerprint density at radius 1 is 1.29 bits per heavy atom. The van der Waals surface area contributed by atoms with Crippen molar-refractivity contribution in [3.63, 3.8) is 0 Å². The van der Waals surface area contributed by atoms with E-state index in [9.17, 15) is 23.1 Å². The molecule has 0 saturated carbocycles. The number of aliphatic hydroxyl groups is 1. The van der Waals surface area contributed by atoms with Crippen LogP contribution in [-0.2, 0) is 11.0 Å². The van der Waals surface area contributed by atoms with E-state index in [0.29, 0.717) is 0 Å². The predicted molar refractivity (Wildman–Crippen MR) is 87.7 cm³/mol. The van der Waals surface area contributed by atoms with Gasteiger partial charge in [0.15, 0.2) is 0 Å². The number of anilines is 1. The van der Waals surface area contributed by atoms with Gasteiger partial charge in [-0.1, -0.05) is 19.1 Å². The number of hydrogen-bond donors (Lipinski definition) is 2. The monoisotopic (exact) mass is 346 g/mol. The minimum absolute atomic E-state index is 0.0139. The molecule has 0 radical (unpaired) electrons. The van der Waals surface area contributed by atoms with E-state index in [-0.39, 0.29) is 24.8 Å². The number of nitrogens with zero attached hydrogens (tertiary/aromatic N) is 1. The van der Waals surface area contributed by atoms with Crippen LogP contribution in [0.15, 0.2) is 24.3 Å². The van der Waals surface area contributed by atoms with Crippen molar-refractivity contribution in [1.82, 2.24) is 4.90 Å². The predicted octanol–water partition coefficient (Wildman–Crippen LogP) is 3.52. The van der Waals surface area contributed by atoms with Crippen LogP contribution in [-0.4, -0.2) is 40.6 Å². The summed E-state index contributed by atoms with van der Waals surface area (Å²) in [5.74, 6) is -0.545. The second-order valence-corrected chi connectivity index (χ2v) is 6.57. The van der Waals surface area contributed by atoms with Crippen molar-refractivity contribution in [2.75, 3.05) is 18.4 Å². The average molecular weight is 346 g/mol. The first kappa shape index (κ1) is 20.4. The largest absolute Gasteiger partial charge is 0.418 e. The molecule has 1 aromatic rings.